The molecule has 2 aromatic rings. The van der Waals surface area contributed by atoms with Gasteiger partial charge in [0.15, 0.2) is 11.7 Å². The predicted molar refractivity (Wildman–Crippen MR) is 74.0 cm³/mol. The van der Waals surface area contributed by atoms with Crippen molar-refractivity contribution in [3.63, 3.8) is 0 Å². The monoisotopic (exact) mass is 317 g/mol. The Morgan fingerprint density at radius 3 is 2.71 bits per heavy atom. The highest BCUT2D eigenvalue weighted by Crippen LogP contribution is 2.31. The number of nitrogens with two attached hydrogens (primary N) is 1. The van der Waals surface area contributed by atoms with Crippen molar-refractivity contribution in [1.29, 1.82) is 5.41 Å². The van der Waals surface area contributed by atoms with E-state index in [1.807, 2.05) is 0 Å². The number of aromatic nitrogens is 3. The Labute approximate surface area is 125 Å². The van der Waals surface area contributed by atoms with Crippen LogP contribution in [0.25, 0.3) is 11.0 Å². The molecule has 1 fully saturated rings. The lowest BCUT2D eigenvalue weighted by atomic mass is 10.1. The lowest BCUT2D eigenvalue weighted by molar-refractivity contribution is -0.0508. The molecule has 0 radical (unpaired) electrons. The molecule has 0 spiro atoms. The molecule has 6 N–H and O–H groups in total. The third-order valence-corrected chi connectivity index (χ3v) is 3.50. The van der Waals surface area contributed by atoms with Crippen LogP contribution in [0.4, 0.5) is 0 Å². The van der Waals surface area contributed by atoms with Gasteiger partial charge in [-0.25, -0.2) is 9.66 Å². The van der Waals surface area contributed by atoms with Crippen molar-refractivity contribution in [3.8, 4) is 0 Å². The van der Waals surface area contributed by atoms with E-state index >= 15 is 0 Å². The Kier molecular flexibility index (Phi) is 4.21. The SMILES string of the molecule is Cl.N=c1c2ccn([C@@H]3O[C@H](CO)[C@@H](O)[C@H]3O)c2ncn1N. The average Bonchev–Trinajstić information content (AvgIpc) is 2.98. The molecule has 116 valence electrons. The second-order valence-electron chi connectivity index (χ2n) is 4.69. The zero-order valence-corrected chi connectivity index (χ0v) is 11.6. The fraction of sp³-hybridized carbons (Fsp3) is 0.455. The summed E-state index contributed by atoms with van der Waals surface area (Å²) in [5.41, 5.74) is 0.479. The fourth-order valence-electron chi connectivity index (χ4n) is 2.39. The van der Waals surface area contributed by atoms with Crippen LogP contribution in [0.2, 0.25) is 0 Å². The summed E-state index contributed by atoms with van der Waals surface area (Å²) >= 11 is 0. The largest absolute Gasteiger partial charge is 0.394 e. The number of hydrogen-bond donors (Lipinski definition) is 5. The summed E-state index contributed by atoms with van der Waals surface area (Å²) in [5.74, 6) is 5.55. The van der Waals surface area contributed by atoms with Crippen LogP contribution in [0, 0.1) is 5.41 Å². The highest BCUT2D eigenvalue weighted by molar-refractivity contribution is 5.85. The number of hydrogen-bond acceptors (Lipinski definition) is 7. The molecule has 1 aliphatic heterocycles. The third kappa shape index (κ3) is 2.28. The predicted octanol–water partition coefficient (Wildman–Crippen LogP) is -1.94. The quantitative estimate of drug-likeness (QED) is 0.408. The molecule has 9 nitrogen and oxygen atoms in total. The van der Waals surface area contributed by atoms with Crippen LogP contribution >= 0.6 is 12.4 Å². The van der Waals surface area contributed by atoms with E-state index in [0.29, 0.717) is 11.0 Å². The fourth-order valence-corrected chi connectivity index (χ4v) is 2.39. The summed E-state index contributed by atoms with van der Waals surface area (Å²) in [7, 11) is 0. The standard InChI is InChI=1S/C11H15N5O4.ClH/c12-9-5-1-2-15(10(5)14-4-16(9)13)11-8(19)7(18)6(3-17)20-11;/h1-2,4,6-8,11-12,17-19H,3,13H2;1H/t6-,7-,8-,11-;/m1./s1. The summed E-state index contributed by atoms with van der Waals surface area (Å²) in [6.45, 7) is -0.395. The van der Waals surface area contributed by atoms with E-state index < -0.39 is 31.1 Å². The van der Waals surface area contributed by atoms with Crippen molar-refractivity contribution in [2.45, 2.75) is 24.5 Å². The van der Waals surface area contributed by atoms with Crippen LogP contribution in [0.1, 0.15) is 6.23 Å². The molecule has 3 rings (SSSR count). The van der Waals surface area contributed by atoms with Gasteiger partial charge in [-0.3, -0.25) is 5.41 Å². The summed E-state index contributed by atoms with van der Waals surface area (Å²) in [6.07, 6.45) is -1.23. The molecule has 0 unspecified atom stereocenters. The Hall–Kier alpha value is -1.65. The minimum absolute atomic E-state index is 0. The lowest BCUT2D eigenvalue weighted by Crippen LogP contribution is -2.33. The second-order valence-corrected chi connectivity index (χ2v) is 4.69. The molecule has 0 amide bonds. The number of aliphatic hydroxyl groups is 3. The van der Waals surface area contributed by atoms with E-state index in [9.17, 15) is 10.2 Å². The van der Waals surface area contributed by atoms with Gasteiger partial charge in [0.1, 0.15) is 30.3 Å². The van der Waals surface area contributed by atoms with Gasteiger partial charge in [0.25, 0.3) is 0 Å². The van der Waals surface area contributed by atoms with Crippen molar-refractivity contribution >= 4 is 23.4 Å². The van der Waals surface area contributed by atoms with Gasteiger partial charge in [0.05, 0.1) is 12.0 Å². The van der Waals surface area contributed by atoms with Gasteiger partial charge >= 0.3 is 0 Å². The smallest absolute Gasteiger partial charge is 0.164 e. The molecular weight excluding hydrogens is 302 g/mol. The number of nitrogens with one attached hydrogen (secondary N) is 1. The first kappa shape index (κ1) is 15.7. The molecule has 10 heteroatoms. The number of fused-ring (bicyclic) bond motifs is 1. The van der Waals surface area contributed by atoms with Gasteiger partial charge in [-0.1, -0.05) is 0 Å². The molecule has 0 saturated carbocycles. The maximum absolute atomic E-state index is 10.0. The molecule has 4 atom stereocenters. The van der Waals surface area contributed by atoms with Gasteiger partial charge in [0.2, 0.25) is 0 Å². The van der Waals surface area contributed by atoms with E-state index in [4.69, 9.17) is 21.1 Å². The number of halogens is 1. The average molecular weight is 318 g/mol. The zero-order chi connectivity index (χ0) is 14.4. The number of nitrogens with zero attached hydrogens (tertiary/aromatic N) is 3. The minimum atomic E-state index is -1.19. The lowest BCUT2D eigenvalue weighted by Gasteiger charge is -2.17. The Morgan fingerprint density at radius 2 is 2.10 bits per heavy atom. The summed E-state index contributed by atoms with van der Waals surface area (Å²) in [5, 5.41) is 37.2. The zero-order valence-electron chi connectivity index (χ0n) is 10.8. The van der Waals surface area contributed by atoms with Crippen molar-refractivity contribution in [2.24, 2.45) is 0 Å². The molecule has 3 heterocycles. The molecular formula is C11H16ClN5O4. The maximum atomic E-state index is 10.0. The van der Waals surface area contributed by atoms with Crippen LogP contribution in [0.3, 0.4) is 0 Å². The van der Waals surface area contributed by atoms with Gasteiger partial charge in [-0.2, -0.15) is 0 Å². The third-order valence-electron chi connectivity index (χ3n) is 3.50. The van der Waals surface area contributed by atoms with E-state index in [1.165, 1.54) is 10.9 Å². The first-order chi connectivity index (χ1) is 9.54. The highest BCUT2D eigenvalue weighted by Gasteiger charge is 2.43. The summed E-state index contributed by atoms with van der Waals surface area (Å²) in [6, 6.07) is 1.63. The van der Waals surface area contributed by atoms with Gasteiger partial charge in [0, 0.05) is 6.20 Å². The first-order valence-corrected chi connectivity index (χ1v) is 6.05. The van der Waals surface area contributed by atoms with Gasteiger partial charge < -0.3 is 30.5 Å². The minimum Gasteiger partial charge on any atom is -0.394 e. The van der Waals surface area contributed by atoms with Gasteiger partial charge in [-0.05, 0) is 6.07 Å². The van der Waals surface area contributed by atoms with Crippen LogP contribution < -0.4 is 11.3 Å². The van der Waals surface area contributed by atoms with Gasteiger partial charge in [-0.15, -0.1) is 12.4 Å². The van der Waals surface area contributed by atoms with E-state index in [2.05, 4.69) is 4.98 Å². The number of nitrogen functional groups attached to an aromatic ring is 1. The molecule has 0 aromatic carbocycles. The van der Waals surface area contributed by atoms with Crippen LogP contribution in [0.5, 0.6) is 0 Å². The number of ether oxygens (including phenoxy) is 1. The van der Waals surface area contributed by atoms with E-state index in [0.717, 1.165) is 4.68 Å². The van der Waals surface area contributed by atoms with Crippen LogP contribution in [0.15, 0.2) is 18.6 Å². The molecule has 0 aliphatic carbocycles. The van der Waals surface area contributed by atoms with Crippen molar-refractivity contribution in [1.82, 2.24) is 14.2 Å². The Balaban J connectivity index is 0.00000161. The maximum Gasteiger partial charge on any atom is 0.164 e. The normalized spacial score (nSPS) is 28.7. The number of aliphatic hydroxyl groups excluding tert-OH is 3. The summed E-state index contributed by atoms with van der Waals surface area (Å²) < 4.78 is 8.02. The Morgan fingerprint density at radius 1 is 1.38 bits per heavy atom. The topological polar surface area (TPSA) is 143 Å². The Bertz CT molecular complexity index is 701. The first-order valence-electron chi connectivity index (χ1n) is 6.05. The van der Waals surface area contributed by atoms with E-state index in [-0.39, 0.29) is 17.9 Å². The molecule has 2 aromatic heterocycles. The van der Waals surface area contributed by atoms with Crippen molar-refractivity contribution in [3.05, 3.63) is 24.1 Å². The van der Waals surface area contributed by atoms with E-state index in [1.54, 1.807) is 12.3 Å². The van der Waals surface area contributed by atoms with Crippen LogP contribution in [-0.4, -0.2) is 54.5 Å². The van der Waals surface area contributed by atoms with Crippen molar-refractivity contribution < 1.29 is 20.1 Å². The highest BCUT2D eigenvalue weighted by atomic mass is 35.5. The second kappa shape index (κ2) is 5.62. The molecule has 0 bridgehead atoms. The van der Waals surface area contributed by atoms with Crippen molar-refractivity contribution in [2.75, 3.05) is 12.4 Å². The molecule has 1 aliphatic rings. The molecule has 21 heavy (non-hydrogen) atoms. The molecule has 1 saturated heterocycles. The van der Waals surface area contributed by atoms with Crippen LogP contribution in [-0.2, 0) is 4.74 Å². The summed E-state index contributed by atoms with van der Waals surface area (Å²) in [4.78, 5) is 4.10. The number of rotatable bonds is 2.